The van der Waals surface area contributed by atoms with Crippen molar-refractivity contribution in [2.24, 2.45) is 17.8 Å². The Morgan fingerprint density at radius 3 is 2.64 bits per heavy atom. The molecule has 4 nitrogen and oxygen atoms in total. The highest BCUT2D eigenvalue weighted by atomic mass is 16.2. The van der Waals surface area contributed by atoms with Gasteiger partial charge in [-0.25, -0.2) is 0 Å². The van der Waals surface area contributed by atoms with Crippen molar-refractivity contribution in [3.63, 3.8) is 0 Å². The van der Waals surface area contributed by atoms with Crippen LogP contribution in [0.3, 0.4) is 0 Å². The summed E-state index contributed by atoms with van der Waals surface area (Å²) in [4.78, 5) is 28.9. The van der Waals surface area contributed by atoms with Gasteiger partial charge < -0.3 is 9.80 Å². The fraction of sp³-hybridized carbons (Fsp3) is 0.444. The second kappa shape index (κ2) is 5.95. The molecule has 1 aromatic rings. The van der Waals surface area contributed by atoms with E-state index in [0.717, 1.165) is 18.7 Å². The lowest BCUT2D eigenvalue weighted by Crippen LogP contribution is -2.52. The molecular weight excluding hydrogens is 276 g/mol. The number of para-hydroxylation sites is 1. The van der Waals surface area contributed by atoms with E-state index in [0.29, 0.717) is 6.42 Å². The third-order valence-corrected chi connectivity index (χ3v) is 4.73. The van der Waals surface area contributed by atoms with E-state index >= 15 is 0 Å². The van der Waals surface area contributed by atoms with Crippen LogP contribution in [-0.2, 0) is 9.59 Å². The predicted octanol–water partition coefficient (Wildman–Crippen LogP) is 2.32. The van der Waals surface area contributed by atoms with Gasteiger partial charge in [0.2, 0.25) is 11.8 Å². The Morgan fingerprint density at radius 1 is 1.23 bits per heavy atom. The number of rotatable bonds is 2. The number of carbonyl (C=O) groups excluding carboxylic acids is 2. The zero-order chi connectivity index (χ0) is 15.7. The molecule has 0 N–H and O–H groups in total. The van der Waals surface area contributed by atoms with Crippen molar-refractivity contribution in [3.8, 4) is 0 Å². The highest BCUT2D eigenvalue weighted by Crippen LogP contribution is 2.39. The molecule has 22 heavy (non-hydrogen) atoms. The fourth-order valence-corrected chi connectivity index (χ4v) is 3.61. The molecule has 0 spiro atoms. The molecule has 4 heteroatoms. The molecule has 3 rings (SSSR count). The minimum absolute atomic E-state index is 0.0580. The molecule has 0 aromatic heterocycles. The second-order valence-electron chi connectivity index (χ2n) is 6.31. The Morgan fingerprint density at radius 2 is 1.95 bits per heavy atom. The minimum atomic E-state index is -0.232. The summed E-state index contributed by atoms with van der Waals surface area (Å²) in [7, 11) is 3.52. The molecule has 1 aliphatic heterocycles. The van der Waals surface area contributed by atoms with E-state index in [1.54, 1.807) is 19.0 Å². The van der Waals surface area contributed by atoms with Gasteiger partial charge in [0.05, 0.1) is 11.8 Å². The molecule has 1 aliphatic carbocycles. The number of hydrogen-bond acceptors (Lipinski definition) is 2. The number of anilines is 1. The van der Waals surface area contributed by atoms with E-state index in [4.69, 9.17) is 0 Å². The number of benzene rings is 1. The van der Waals surface area contributed by atoms with Crippen molar-refractivity contribution in [2.75, 3.05) is 25.5 Å². The summed E-state index contributed by atoms with van der Waals surface area (Å²) < 4.78 is 0. The third kappa shape index (κ3) is 2.54. The van der Waals surface area contributed by atoms with Gasteiger partial charge >= 0.3 is 0 Å². The van der Waals surface area contributed by atoms with Gasteiger partial charge in [-0.3, -0.25) is 9.59 Å². The molecule has 0 bridgehead atoms. The van der Waals surface area contributed by atoms with Crippen LogP contribution in [0, 0.1) is 17.8 Å². The fourth-order valence-electron chi connectivity index (χ4n) is 3.61. The predicted molar refractivity (Wildman–Crippen MR) is 86.3 cm³/mol. The molecular formula is C18H22N2O2. The van der Waals surface area contributed by atoms with Crippen LogP contribution in [0.5, 0.6) is 0 Å². The summed E-state index contributed by atoms with van der Waals surface area (Å²) in [5, 5.41) is 0. The lowest BCUT2D eigenvalue weighted by atomic mass is 9.71. The summed E-state index contributed by atoms with van der Waals surface area (Å²) in [6.45, 7) is 0.719. The first-order valence-corrected chi connectivity index (χ1v) is 7.84. The van der Waals surface area contributed by atoms with Gasteiger partial charge in [0.25, 0.3) is 0 Å². The summed E-state index contributed by atoms with van der Waals surface area (Å²) in [6, 6.07) is 9.75. The van der Waals surface area contributed by atoms with E-state index in [9.17, 15) is 9.59 Å². The van der Waals surface area contributed by atoms with Crippen LogP contribution in [0.25, 0.3) is 0 Å². The summed E-state index contributed by atoms with van der Waals surface area (Å²) in [6.07, 6.45) is 5.77. The monoisotopic (exact) mass is 298 g/mol. The largest absolute Gasteiger partial charge is 0.349 e. The van der Waals surface area contributed by atoms with Crippen LogP contribution >= 0.6 is 0 Å². The lowest BCUT2D eigenvalue weighted by molar-refractivity contribution is -0.141. The molecule has 2 amide bonds. The number of hydrogen-bond donors (Lipinski definition) is 0. The van der Waals surface area contributed by atoms with E-state index in [1.807, 2.05) is 35.2 Å². The Hall–Kier alpha value is -2.10. The molecule has 0 radical (unpaired) electrons. The Balaban J connectivity index is 1.90. The van der Waals surface area contributed by atoms with Crippen molar-refractivity contribution < 1.29 is 9.59 Å². The maximum absolute atomic E-state index is 13.0. The van der Waals surface area contributed by atoms with Gasteiger partial charge in [-0.15, -0.1) is 0 Å². The highest BCUT2D eigenvalue weighted by molar-refractivity contribution is 5.99. The van der Waals surface area contributed by atoms with E-state index in [2.05, 4.69) is 12.2 Å². The maximum Gasteiger partial charge on any atom is 0.231 e. The number of piperidine rings is 1. The minimum Gasteiger partial charge on any atom is -0.349 e. The van der Waals surface area contributed by atoms with Crippen LogP contribution in [0.4, 0.5) is 5.69 Å². The maximum atomic E-state index is 13.0. The third-order valence-electron chi connectivity index (χ3n) is 4.73. The van der Waals surface area contributed by atoms with E-state index < -0.39 is 0 Å². The molecule has 1 heterocycles. The van der Waals surface area contributed by atoms with Crippen LogP contribution < -0.4 is 4.90 Å². The lowest BCUT2D eigenvalue weighted by Gasteiger charge is -2.42. The Bertz CT molecular complexity index is 594. The molecule has 0 saturated carbocycles. The number of fused-ring (bicyclic) bond motifs is 1. The average Bonchev–Trinajstić information content (AvgIpc) is 2.54. The summed E-state index contributed by atoms with van der Waals surface area (Å²) in [5.41, 5.74) is 0.927. The number of carbonyl (C=O) groups is 2. The Labute approximate surface area is 131 Å². The zero-order valence-electron chi connectivity index (χ0n) is 13.1. The Kier molecular flexibility index (Phi) is 4.01. The normalized spacial score (nSPS) is 27.5. The van der Waals surface area contributed by atoms with Crippen LogP contribution in [-0.4, -0.2) is 37.4 Å². The van der Waals surface area contributed by atoms with E-state index in [1.165, 1.54) is 0 Å². The average molecular weight is 298 g/mol. The van der Waals surface area contributed by atoms with Crippen molar-refractivity contribution in [3.05, 3.63) is 42.5 Å². The van der Waals surface area contributed by atoms with Crippen molar-refractivity contribution in [1.29, 1.82) is 0 Å². The van der Waals surface area contributed by atoms with Crippen molar-refractivity contribution in [1.82, 2.24) is 4.90 Å². The summed E-state index contributed by atoms with van der Waals surface area (Å²) >= 11 is 0. The van der Waals surface area contributed by atoms with Gasteiger partial charge in [0.1, 0.15) is 0 Å². The van der Waals surface area contributed by atoms with Gasteiger partial charge in [0, 0.05) is 26.3 Å². The molecule has 1 saturated heterocycles. The summed E-state index contributed by atoms with van der Waals surface area (Å²) in [5.74, 6) is -0.123. The van der Waals surface area contributed by atoms with E-state index in [-0.39, 0.29) is 29.6 Å². The van der Waals surface area contributed by atoms with Crippen molar-refractivity contribution >= 4 is 17.5 Å². The van der Waals surface area contributed by atoms with Crippen LogP contribution in [0.15, 0.2) is 42.5 Å². The van der Waals surface area contributed by atoms with Crippen molar-refractivity contribution in [2.45, 2.75) is 12.8 Å². The second-order valence-corrected chi connectivity index (χ2v) is 6.31. The van der Waals surface area contributed by atoms with Gasteiger partial charge in [-0.1, -0.05) is 30.4 Å². The van der Waals surface area contributed by atoms with Gasteiger partial charge in [0.15, 0.2) is 0 Å². The zero-order valence-corrected chi connectivity index (χ0v) is 13.1. The standard InChI is InChI=1S/C18H22N2O2/c1-19(2)17(21)15-10-6-7-13-11-12-20(18(22)16(13)15)14-8-4-3-5-9-14/h3-9,13,15-16H,10-12H2,1-2H3/t13-,15-,16+/m0/s1. The molecule has 2 aliphatic rings. The molecule has 3 atom stereocenters. The molecule has 1 aromatic carbocycles. The van der Waals surface area contributed by atoms with Gasteiger partial charge in [-0.2, -0.15) is 0 Å². The quantitative estimate of drug-likeness (QED) is 0.786. The van der Waals surface area contributed by atoms with Crippen LogP contribution in [0.1, 0.15) is 12.8 Å². The highest BCUT2D eigenvalue weighted by Gasteiger charge is 2.45. The topological polar surface area (TPSA) is 40.6 Å². The van der Waals surface area contributed by atoms with Crippen LogP contribution in [0.2, 0.25) is 0 Å². The number of allylic oxidation sites excluding steroid dienone is 2. The molecule has 116 valence electrons. The number of nitrogens with zero attached hydrogens (tertiary/aromatic N) is 2. The van der Waals surface area contributed by atoms with Gasteiger partial charge in [-0.05, 0) is 30.9 Å². The smallest absolute Gasteiger partial charge is 0.231 e. The number of amides is 2. The first-order valence-electron chi connectivity index (χ1n) is 7.84. The SMILES string of the molecule is CN(C)C(=O)[C@H]1CC=C[C@H]2CCN(c3ccccc3)C(=O)[C@@H]12. The first-order chi connectivity index (χ1) is 10.6. The first kappa shape index (κ1) is 14.8. The molecule has 1 fully saturated rings. The molecule has 0 unspecified atom stereocenters.